The van der Waals surface area contributed by atoms with Gasteiger partial charge in [-0.15, -0.1) is 0 Å². The molecule has 0 radical (unpaired) electrons. The fraction of sp³-hybridized carbons (Fsp3) is 0.429. The van der Waals surface area contributed by atoms with Gasteiger partial charge in [-0.05, 0) is 49.8 Å². The Morgan fingerprint density at radius 1 is 1.47 bits per heavy atom. The van der Waals surface area contributed by atoms with Crippen LogP contribution < -0.4 is 4.74 Å². The molecule has 1 aliphatic rings. The zero-order valence-corrected chi connectivity index (χ0v) is 9.55. The van der Waals surface area contributed by atoms with E-state index in [1.165, 1.54) is 24.0 Å². The number of rotatable bonds is 4. The highest BCUT2D eigenvalue weighted by molar-refractivity contribution is 5.63. The van der Waals surface area contributed by atoms with Crippen LogP contribution in [0.2, 0.25) is 0 Å². The van der Waals surface area contributed by atoms with Crippen LogP contribution in [0.25, 0.3) is 5.57 Å². The number of allylic oxidation sites excluding steroid dienone is 1. The summed E-state index contributed by atoms with van der Waals surface area (Å²) in [5.74, 6) is 1.82. The van der Waals surface area contributed by atoms with Crippen LogP contribution in [0, 0.1) is 12.8 Å². The van der Waals surface area contributed by atoms with Gasteiger partial charge in [0.1, 0.15) is 5.75 Å². The standard InChI is InChI=1S/C14H18O/c1-10(2)13-7-4-11(3)14(8-13)15-9-12-5-6-12/h4,7-8,12H,1,5-6,9H2,2-3H3. The lowest BCUT2D eigenvalue weighted by atomic mass is 10.1. The minimum absolute atomic E-state index is 0.804. The molecule has 1 aromatic carbocycles. The summed E-state index contributed by atoms with van der Waals surface area (Å²) in [6, 6.07) is 6.30. The Hall–Kier alpha value is -1.24. The third-order valence-electron chi connectivity index (χ3n) is 2.85. The minimum atomic E-state index is 0.804. The van der Waals surface area contributed by atoms with Crippen molar-refractivity contribution in [1.82, 2.24) is 0 Å². The van der Waals surface area contributed by atoms with Crippen molar-refractivity contribution in [2.24, 2.45) is 5.92 Å². The lowest BCUT2D eigenvalue weighted by molar-refractivity contribution is 0.298. The van der Waals surface area contributed by atoms with Crippen molar-refractivity contribution < 1.29 is 4.74 Å². The predicted molar refractivity (Wildman–Crippen MR) is 64.1 cm³/mol. The molecule has 1 saturated carbocycles. The highest BCUT2D eigenvalue weighted by Crippen LogP contribution is 2.31. The molecule has 1 heteroatoms. The van der Waals surface area contributed by atoms with Crippen molar-refractivity contribution in [2.45, 2.75) is 26.7 Å². The zero-order valence-electron chi connectivity index (χ0n) is 9.55. The van der Waals surface area contributed by atoms with E-state index >= 15 is 0 Å². The van der Waals surface area contributed by atoms with E-state index in [1.807, 2.05) is 6.92 Å². The van der Waals surface area contributed by atoms with Gasteiger partial charge in [0, 0.05) is 0 Å². The van der Waals surface area contributed by atoms with Gasteiger partial charge < -0.3 is 4.74 Å². The maximum Gasteiger partial charge on any atom is 0.122 e. The largest absolute Gasteiger partial charge is 0.493 e. The molecule has 15 heavy (non-hydrogen) atoms. The van der Waals surface area contributed by atoms with Crippen molar-refractivity contribution in [1.29, 1.82) is 0 Å². The Bertz CT molecular complexity index is 375. The summed E-state index contributed by atoms with van der Waals surface area (Å²) < 4.78 is 5.81. The summed E-state index contributed by atoms with van der Waals surface area (Å²) in [6.07, 6.45) is 2.67. The fourth-order valence-electron chi connectivity index (χ4n) is 1.51. The first kappa shape index (κ1) is 10.3. The molecule has 0 amide bonds. The second-order valence-electron chi connectivity index (χ2n) is 4.51. The fourth-order valence-corrected chi connectivity index (χ4v) is 1.51. The Balaban J connectivity index is 2.12. The molecule has 0 unspecified atom stereocenters. The van der Waals surface area contributed by atoms with Gasteiger partial charge in [-0.1, -0.05) is 24.3 Å². The van der Waals surface area contributed by atoms with E-state index in [2.05, 4.69) is 31.7 Å². The molecule has 80 valence electrons. The molecule has 0 atom stereocenters. The maximum absolute atomic E-state index is 5.81. The van der Waals surface area contributed by atoms with Crippen molar-refractivity contribution in [3.8, 4) is 5.75 Å². The average molecular weight is 202 g/mol. The molecule has 1 aliphatic carbocycles. The second-order valence-corrected chi connectivity index (χ2v) is 4.51. The number of hydrogen-bond acceptors (Lipinski definition) is 1. The van der Waals surface area contributed by atoms with Crippen LogP contribution in [0.15, 0.2) is 24.8 Å². The van der Waals surface area contributed by atoms with E-state index in [4.69, 9.17) is 4.74 Å². The quantitative estimate of drug-likeness (QED) is 0.721. The molecule has 0 aromatic heterocycles. The van der Waals surface area contributed by atoms with Gasteiger partial charge in [-0.2, -0.15) is 0 Å². The van der Waals surface area contributed by atoms with Crippen LogP contribution in [0.4, 0.5) is 0 Å². The van der Waals surface area contributed by atoms with Crippen LogP contribution in [0.3, 0.4) is 0 Å². The third-order valence-corrected chi connectivity index (χ3v) is 2.85. The molecule has 0 heterocycles. The molecule has 0 saturated heterocycles. The molecule has 0 N–H and O–H groups in total. The SMILES string of the molecule is C=C(C)c1ccc(C)c(OCC2CC2)c1. The molecule has 0 aliphatic heterocycles. The lowest BCUT2D eigenvalue weighted by Crippen LogP contribution is -2.00. The number of hydrogen-bond donors (Lipinski definition) is 0. The molecule has 1 nitrogen and oxygen atoms in total. The molecular formula is C14H18O. The van der Waals surface area contributed by atoms with Crippen molar-refractivity contribution in [3.63, 3.8) is 0 Å². The normalized spacial score (nSPS) is 15.1. The third kappa shape index (κ3) is 2.62. The van der Waals surface area contributed by atoms with Gasteiger partial charge in [0.05, 0.1) is 6.61 Å². The molecule has 0 spiro atoms. The van der Waals surface area contributed by atoms with E-state index in [0.29, 0.717) is 0 Å². The van der Waals surface area contributed by atoms with Crippen molar-refractivity contribution in [3.05, 3.63) is 35.9 Å². The minimum Gasteiger partial charge on any atom is -0.493 e. The molecule has 1 fully saturated rings. The van der Waals surface area contributed by atoms with Crippen LogP contribution in [-0.4, -0.2) is 6.61 Å². The van der Waals surface area contributed by atoms with Gasteiger partial charge >= 0.3 is 0 Å². The predicted octanol–water partition coefficient (Wildman–Crippen LogP) is 3.82. The zero-order chi connectivity index (χ0) is 10.8. The van der Waals surface area contributed by atoms with Crippen molar-refractivity contribution in [2.75, 3.05) is 6.61 Å². The first-order chi connectivity index (χ1) is 7.16. The molecule has 0 bridgehead atoms. The van der Waals surface area contributed by atoms with Crippen LogP contribution >= 0.6 is 0 Å². The second kappa shape index (κ2) is 4.09. The number of aryl methyl sites for hydroxylation is 1. The lowest BCUT2D eigenvalue weighted by Gasteiger charge is -2.10. The van der Waals surface area contributed by atoms with Gasteiger partial charge in [0.15, 0.2) is 0 Å². The van der Waals surface area contributed by atoms with Gasteiger partial charge in [0.25, 0.3) is 0 Å². The summed E-state index contributed by atoms with van der Waals surface area (Å²) >= 11 is 0. The van der Waals surface area contributed by atoms with Crippen LogP contribution in [-0.2, 0) is 0 Å². The van der Waals surface area contributed by atoms with Crippen molar-refractivity contribution >= 4 is 5.57 Å². The Morgan fingerprint density at radius 2 is 2.20 bits per heavy atom. The Kier molecular flexibility index (Phi) is 2.81. The molecular weight excluding hydrogens is 184 g/mol. The van der Waals surface area contributed by atoms with Gasteiger partial charge in [-0.3, -0.25) is 0 Å². The Morgan fingerprint density at radius 3 is 2.80 bits per heavy atom. The highest BCUT2D eigenvalue weighted by atomic mass is 16.5. The van der Waals surface area contributed by atoms with E-state index < -0.39 is 0 Å². The average Bonchev–Trinajstić information content (AvgIpc) is 3.00. The van der Waals surface area contributed by atoms with E-state index in [9.17, 15) is 0 Å². The van der Waals surface area contributed by atoms with Crippen LogP contribution in [0.1, 0.15) is 30.9 Å². The molecule has 1 aromatic rings. The smallest absolute Gasteiger partial charge is 0.122 e. The summed E-state index contributed by atoms with van der Waals surface area (Å²) in [5, 5.41) is 0. The van der Waals surface area contributed by atoms with Gasteiger partial charge in [0.2, 0.25) is 0 Å². The van der Waals surface area contributed by atoms with E-state index in [0.717, 1.165) is 23.8 Å². The summed E-state index contributed by atoms with van der Waals surface area (Å²) in [4.78, 5) is 0. The highest BCUT2D eigenvalue weighted by Gasteiger charge is 2.22. The Labute approximate surface area is 91.8 Å². The number of ether oxygens (including phenoxy) is 1. The van der Waals surface area contributed by atoms with Crippen LogP contribution in [0.5, 0.6) is 5.75 Å². The molecule has 2 rings (SSSR count). The number of benzene rings is 1. The van der Waals surface area contributed by atoms with E-state index in [1.54, 1.807) is 0 Å². The summed E-state index contributed by atoms with van der Waals surface area (Å²) in [7, 11) is 0. The summed E-state index contributed by atoms with van der Waals surface area (Å²) in [6.45, 7) is 8.93. The van der Waals surface area contributed by atoms with Gasteiger partial charge in [-0.25, -0.2) is 0 Å². The topological polar surface area (TPSA) is 9.23 Å². The first-order valence-electron chi connectivity index (χ1n) is 5.56. The van der Waals surface area contributed by atoms with E-state index in [-0.39, 0.29) is 0 Å². The first-order valence-corrected chi connectivity index (χ1v) is 5.56. The maximum atomic E-state index is 5.81. The summed E-state index contributed by atoms with van der Waals surface area (Å²) in [5.41, 5.74) is 3.47. The monoisotopic (exact) mass is 202 g/mol.